The Bertz CT molecular complexity index is 316. The summed E-state index contributed by atoms with van der Waals surface area (Å²) in [5.41, 5.74) is 1.99. The number of hydrogen-bond donors (Lipinski definition) is 1. The molecule has 0 bridgehead atoms. The Balaban J connectivity index is 2.90. The zero-order chi connectivity index (χ0) is 12.1. The summed E-state index contributed by atoms with van der Waals surface area (Å²) < 4.78 is 13.3. The normalized spacial score (nSPS) is 13.1. The third-order valence-corrected chi connectivity index (χ3v) is 2.47. The van der Waals surface area contributed by atoms with Crippen LogP contribution in [0.4, 0.5) is 4.39 Å². The lowest BCUT2D eigenvalue weighted by Gasteiger charge is -2.22. The minimum atomic E-state index is -0.156. The van der Waals surface area contributed by atoms with Gasteiger partial charge in [0.1, 0.15) is 5.82 Å². The van der Waals surface area contributed by atoms with Gasteiger partial charge < -0.3 is 10.2 Å². The van der Waals surface area contributed by atoms with Crippen molar-refractivity contribution in [1.29, 1.82) is 0 Å². The Kier molecular flexibility index (Phi) is 4.90. The molecule has 0 aliphatic heterocycles. The van der Waals surface area contributed by atoms with Gasteiger partial charge in [0.2, 0.25) is 0 Å². The van der Waals surface area contributed by atoms with Crippen LogP contribution < -0.4 is 5.32 Å². The molecule has 90 valence electrons. The Hall–Kier alpha value is -0.930. The van der Waals surface area contributed by atoms with Crippen LogP contribution in [0.3, 0.4) is 0 Å². The minimum Gasteiger partial charge on any atom is -0.309 e. The molecule has 0 aliphatic carbocycles. The van der Waals surface area contributed by atoms with Crippen LogP contribution >= 0.6 is 0 Å². The number of benzene rings is 1. The van der Waals surface area contributed by atoms with Gasteiger partial charge in [0.15, 0.2) is 0 Å². The van der Waals surface area contributed by atoms with E-state index in [1.54, 1.807) is 12.1 Å². The van der Waals surface area contributed by atoms with Crippen LogP contribution in [-0.2, 0) is 0 Å². The van der Waals surface area contributed by atoms with Crippen molar-refractivity contribution < 1.29 is 4.39 Å². The second-order valence-corrected chi connectivity index (χ2v) is 4.43. The lowest BCUT2D eigenvalue weighted by molar-refractivity contribution is 0.344. The van der Waals surface area contributed by atoms with Crippen molar-refractivity contribution in [3.05, 3.63) is 35.1 Å². The first-order chi connectivity index (χ1) is 7.52. The quantitative estimate of drug-likeness (QED) is 0.826. The highest BCUT2D eigenvalue weighted by molar-refractivity contribution is 5.26. The predicted octanol–water partition coefficient (Wildman–Crippen LogP) is 2.35. The maximum atomic E-state index is 13.3. The van der Waals surface area contributed by atoms with Gasteiger partial charge in [-0.3, -0.25) is 0 Å². The number of likely N-dealkylation sites (N-methyl/N-ethyl adjacent to an activating group) is 2. The van der Waals surface area contributed by atoms with E-state index in [9.17, 15) is 4.39 Å². The molecule has 16 heavy (non-hydrogen) atoms. The van der Waals surface area contributed by atoms with Gasteiger partial charge in [-0.05, 0) is 50.8 Å². The van der Waals surface area contributed by atoms with Gasteiger partial charge >= 0.3 is 0 Å². The molecule has 1 aromatic rings. The lowest BCUT2D eigenvalue weighted by Crippen LogP contribution is -2.31. The Morgan fingerprint density at radius 2 is 2.00 bits per heavy atom. The number of nitrogens with one attached hydrogen (secondary N) is 1. The number of halogens is 1. The van der Waals surface area contributed by atoms with E-state index in [2.05, 4.69) is 17.1 Å². The molecule has 1 atom stereocenters. The zero-order valence-electron chi connectivity index (χ0n) is 10.5. The van der Waals surface area contributed by atoms with Crippen molar-refractivity contribution >= 4 is 0 Å². The summed E-state index contributed by atoms with van der Waals surface area (Å²) in [5.74, 6) is -0.156. The summed E-state index contributed by atoms with van der Waals surface area (Å²) in [6, 6.07) is 5.40. The van der Waals surface area contributed by atoms with Crippen LogP contribution in [0.25, 0.3) is 0 Å². The predicted molar refractivity (Wildman–Crippen MR) is 66.1 cm³/mol. The third-order valence-electron chi connectivity index (χ3n) is 2.47. The van der Waals surface area contributed by atoms with Gasteiger partial charge in [0.25, 0.3) is 0 Å². The van der Waals surface area contributed by atoms with Crippen LogP contribution in [0.1, 0.15) is 24.1 Å². The highest BCUT2D eigenvalue weighted by Crippen LogP contribution is 2.17. The number of hydrogen-bond acceptors (Lipinski definition) is 2. The summed E-state index contributed by atoms with van der Waals surface area (Å²) in [4.78, 5) is 2.10. The molecule has 1 N–H and O–H groups in total. The number of nitrogens with zero attached hydrogens (tertiary/aromatic N) is 1. The highest BCUT2D eigenvalue weighted by Gasteiger charge is 2.12. The topological polar surface area (TPSA) is 15.3 Å². The molecule has 2 nitrogen and oxygen atoms in total. The molecule has 0 saturated carbocycles. The molecule has 0 aliphatic rings. The van der Waals surface area contributed by atoms with Gasteiger partial charge in [-0.2, -0.15) is 0 Å². The van der Waals surface area contributed by atoms with Gasteiger partial charge in [0, 0.05) is 12.6 Å². The van der Waals surface area contributed by atoms with Crippen molar-refractivity contribution in [2.75, 3.05) is 27.2 Å². The van der Waals surface area contributed by atoms with Crippen molar-refractivity contribution in [3.8, 4) is 0 Å². The van der Waals surface area contributed by atoms with Crippen molar-refractivity contribution in [1.82, 2.24) is 10.2 Å². The molecule has 3 heteroatoms. The van der Waals surface area contributed by atoms with Crippen LogP contribution in [0, 0.1) is 12.7 Å². The summed E-state index contributed by atoms with van der Waals surface area (Å²) in [7, 11) is 4.05. The van der Waals surface area contributed by atoms with E-state index >= 15 is 0 Å². The minimum absolute atomic E-state index is 0.156. The number of rotatable bonds is 5. The van der Waals surface area contributed by atoms with Gasteiger partial charge in [-0.25, -0.2) is 4.39 Å². The molecule has 1 rings (SSSR count). The fraction of sp³-hybridized carbons (Fsp3) is 0.538. The summed E-state index contributed by atoms with van der Waals surface area (Å²) in [6.07, 6.45) is 0. The molecule has 0 spiro atoms. The summed E-state index contributed by atoms with van der Waals surface area (Å²) in [6.45, 7) is 5.74. The van der Waals surface area contributed by atoms with Crippen molar-refractivity contribution in [3.63, 3.8) is 0 Å². The Labute approximate surface area is 97.5 Å². The van der Waals surface area contributed by atoms with E-state index in [0.717, 1.165) is 24.2 Å². The first kappa shape index (κ1) is 13.1. The molecule has 0 amide bonds. The highest BCUT2D eigenvalue weighted by atomic mass is 19.1. The number of aryl methyl sites for hydroxylation is 1. The molecule has 0 heterocycles. The molecular formula is C13H21FN2. The second-order valence-electron chi connectivity index (χ2n) is 4.43. The standard InChI is InChI=1S/C13H21FN2/c1-5-15-13(9-16(3)4)11-6-10(2)7-12(14)8-11/h6-8,13,15H,5,9H2,1-4H3. The molecule has 0 fully saturated rings. The molecule has 0 radical (unpaired) electrons. The Morgan fingerprint density at radius 3 is 2.50 bits per heavy atom. The fourth-order valence-corrected chi connectivity index (χ4v) is 1.87. The first-order valence-electron chi connectivity index (χ1n) is 5.68. The van der Waals surface area contributed by atoms with E-state index in [1.807, 2.05) is 27.1 Å². The van der Waals surface area contributed by atoms with E-state index < -0.39 is 0 Å². The molecule has 0 aromatic heterocycles. The molecular weight excluding hydrogens is 203 g/mol. The lowest BCUT2D eigenvalue weighted by atomic mass is 10.0. The maximum Gasteiger partial charge on any atom is 0.123 e. The van der Waals surface area contributed by atoms with Crippen molar-refractivity contribution in [2.45, 2.75) is 19.9 Å². The monoisotopic (exact) mass is 224 g/mol. The van der Waals surface area contributed by atoms with Gasteiger partial charge in [0.05, 0.1) is 0 Å². The SMILES string of the molecule is CCNC(CN(C)C)c1cc(C)cc(F)c1. The van der Waals surface area contributed by atoms with E-state index in [4.69, 9.17) is 0 Å². The average Bonchev–Trinajstić information content (AvgIpc) is 2.14. The van der Waals surface area contributed by atoms with E-state index in [-0.39, 0.29) is 11.9 Å². The van der Waals surface area contributed by atoms with Gasteiger partial charge in [-0.15, -0.1) is 0 Å². The van der Waals surface area contributed by atoms with E-state index in [0.29, 0.717) is 0 Å². The first-order valence-corrected chi connectivity index (χ1v) is 5.68. The van der Waals surface area contributed by atoms with Crippen LogP contribution in [0.5, 0.6) is 0 Å². The molecule has 0 saturated heterocycles. The zero-order valence-corrected chi connectivity index (χ0v) is 10.5. The van der Waals surface area contributed by atoms with Gasteiger partial charge in [-0.1, -0.05) is 13.0 Å². The largest absolute Gasteiger partial charge is 0.309 e. The smallest absolute Gasteiger partial charge is 0.123 e. The molecule has 1 unspecified atom stereocenters. The summed E-state index contributed by atoms with van der Waals surface area (Å²) in [5, 5.41) is 3.38. The second kappa shape index (κ2) is 5.97. The maximum absolute atomic E-state index is 13.3. The third kappa shape index (κ3) is 3.91. The fourth-order valence-electron chi connectivity index (χ4n) is 1.87. The average molecular weight is 224 g/mol. The summed E-state index contributed by atoms with van der Waals surface area (Å²) >= 11 is 0. The van der Waals surface area contributed by atoms with Crippen LogP contribution in [0.2, 0.25) is 0 Å². The van der Waals surface area contributed by atoms with Crippen molar-refractivity contribution in [2.24, 2.45) is 0 Å². The van der Waals surface area contributed by atoms with E-state index in [1.165, 1.54) is 0 Å². The molecule has 1 aromatic carbocycles. The van der Waals surface area contributed by atoms with Crippen LogP contribution in [-0.4, -0.2) is 32.1 Å². The van der Waals surface area contributed by atoms with Crippen LogP contribution in [0.15, 0.2) is 18.2 Å². The Morgan fingerprint density at radius 1 is 1.31 bits per heavy atom.